The minimum absolute atomic E-state index is 0. The van der Waals surface area contributed by atoms with Gasteiger partial charge in [0.2, 0.25) is 5.91 Å². The molecule has 0 spiro atoms. The number of carbonyl (C=O) groups is 1. The Bertz CT molecular complexity index is 664. The number of benzene rings is 1. The Labute approximate surface area is 197 Å². The number of halogens is 1. The molecule has 1 aliphatic heterocycles. The molecule has 1 unspecified atom stereocenters. The first kappa shape index (κ1) is 26.3. The minimum atomic E-state index is -0.0518. The van der Waals surface area contributed by atoms with E-state index >= 15 is 0 Å². The molecule has 1 heterocycles. The van der Waals surface area contributed by atoms with E-state index in [0.29, 0.717) is 18.5 Å². The van der Waals surface area contributed by atoms with Crippen LogP contribution in [0.15, 0.2) is 23.2 Å². The van der Waals surface area contributed by atoms with E-state index in [0.717, 1.165) is 56.1 Å². The third-order valence-electron chi connectivity index (χ3n) is 4.73. The molecule has 2 rings (SSSR count). The molecule has 1 amide bonds. The number of aliphatic imine (C=N–C) groups is 1. The highest BCUT2D eigenvalue weighted by Gasteiger charge is 2.23. The highest BCUT2D eigenvalue weighted by molar-refractivity contribution is 14.0. The average molecular weight is 533 g/mol. The van der Waals surface area contributed by atoms with Crippen LogP contribution in [0.1, 0.15) is 32.3 Å². The summed E-state index contributed by atoms with van der Waals surface area (Å²) in [5.41, 5.74) is 1.16. The molecule has 0 aliphatic carbocycles. The number of nitrogens with one attached hydrogen (secondary N) is 3. The number of hydrogen-bond acceptors (Lipinski definition) is 5. The number of methoxy groups -OCH3 is 2. The molecule has 0 aromatic heterocycles. The number of ether oxygens (including phenoxy) is 2. The van der Waals surface area contributed by atoms with E-state index in [1.54, 1.807) is 14.2 Å². The summed E-state index contributed by atoms with van der Waals surface area (Å²) in [6, 6.07) is 6.26. The first-order valence-electron chi connectivity index (χ1n) is 10.3. The zero-order valence-electron chi connectivity index (χ0n) is 18.5. The number of rotatable bonds is 10. The second-order valence-electron chi connectivity index (χ2n) is 7.13. The van der Waals surface area contributed by atoms with Gasteiger partial charge in [-0.3, -0.25) is 9.69 Å². The van der Waals surface area contributed by atoms with Gasteiger partial charge in [-0.1, -0.05) is 6.92 Å². The molecule has 9 heteroatoms. The van der Waals surface area contributed by atoms with E-state index in [2.05, 4.69) is 25.8 Å². The fraction of sp³-hybridized carbons (Fsp3) is 0.619. The fourth-order valence-electron chi connectivity index (χ4n) is 3.29. The van der Waals surface area contributed by atoms with Gasteiger partial charge in [0.1, 0.15) is 18.0 Å². The number of hydrogen-bond donors (Lipinski definition) is 3. The lowest BCUT2D eigenvalue weighted by atomic mass is 10.2. The van der Waals surface area contributed by atoms with Crippen LogP contribution in [0.2, 0.25) is 0 Å². The third kappa shape index (κ3) is 8.95. The van der Waals surface area contributed by atoms with E-state index in [9.17, 15) is 4.79 Å². The van der Waals surface area contributed by atoms with Crippen molar-refractivity contribution in [2.75, 3.05) is 46.9 Å². The van der Waals surface area contributed by atoms with Gasteiger partial charge >= 0.3 is 0 Å². The third-order valence-corrected chi connectivity index (χ3v) is 4.73. The summed E-state index contributed by atoms with van der Waals surface area (Å²) in [5.74, 6) is 2.24. The van der Waals surface area contributed by atoms with Gasteiger partial charge in [-0.15, -0.1) is 24.0 Å². The molecule has 0 bridgehead atoms. The molecule has 1 fully saturated rings. The van der Waals surface area contributed by atoms with Gasteiger partial charge in [0.25, 0.3) is 0 Å². The van der Waals surface area contributed by atoms with Gasteiger partial charge in [0, 0.05) is 44.8 Å². The molecule has 30 heavy (non-hydrogen) atoms. The summed E-state index contributed by atoms with van der Waals surface area (Å²) in [5, 5.41) is 9.53. The Morgan fingerprint density at radius 2 is 1.87 bits per heavy atom. The second-order valence-corrected chi connectivity index (χ2v) is 7.13. The molecule has 1 aromatic carbocycles. The standard InChI is InChI=1S/C21H35N5O3.HI/c1-5-8-23-20(27)13-24-21(22-6-2)25-17-7-9-26(15-17)14-16-10-18(28-3)12-19(11-16)29-4;/h10-12,17H,5-9,13-15H2,1-4H3,(H,23,27)(H2,22,24,25);1H. The number of amides is 1. The van der Waals surface area contributed by atoms with Crippen LogP contribution in [0.3, 0.4) is 0 Å². The van der Waals surface area contributed by atoms with Gasteiger partial charge < -0.3 is 25.4 Å². The van der Waals surface area contributed by atoms with E-state index in [1.807, 2.05) is 32.0 Å². The van der Waals surface area contributed by atoms with Crippen LogP contribution in [0, 0.1) is 0 Å². The number of likely N-dealkylation sites (tertiary alicyclic amines) is 1. The Hall–Kier alpha value is -1.75. The van der Waals surface area contributed by atoms with Crippen molar-refractivity contribution in [3.63, 3.8) is 0 Å². The zero-order chi connectivity index (χ0) is 21.1. The van der Waals surface area contributed by atoms with Crippen LogP contribution in [-0.2, 0) is 11.3 Å². The van der Waals surface area contributed by atoms with Crippen molar-refractivity contribution in [1.82, 2.24) is 20.9 Å². The summed E-state index contributed by atoms with van der Waals surface area (Å²) in [6.07, 6.45) is 1.94. The van der Waals surface area contributed by atoms with Crippen molar-refractivity contribution in [2.45, 2.75) is 39.3 Å². The van der Waals surface area contributed by atoms with Crippen LogP contribution >= 0.6 is 24.0 Å². The molecule has 0 saturated carbocycles. The van der Waals surface area contributed by atoms with E-state index in [4.69, 9.17) is 9.47 Å². The van der Waals surface area contributed by atoms with Crippen molar-refractivity contribution in [2.24, 2.45) is 4.99 Å². The summed E-state index contributed by atoms with van der Waals surface area (Å²) < 4.78 is 10.7. The molecule has 3 N–H and O–H groups in total. The molecule has 8 nitrogen and oxygen atoms in total. The quantitative estimate of drug-likeness (QED) is 0.242. The van der Waals surface area contributed by atoms with Crippen LogP contribution in [0.4, 0.5) is 0 Å². The number of guanidine groups is 1. The van der Waals surface area contributed by atoms with Gasteiger partial charge in [-0.25, -0.2) is 4.99 Å². The summed E-state index contributed by atoms with van der Waals surface area (Å²) in [4.78, 5) is 18.6. The predicted molar refractivity (Wildman–Crippen MR) is 131 cm³/mol. The van der Waals surface area contributed by atoms with E-state index < -0.39 is 0 Å². The maximum absolute atomic E-state index is 11.8. The maximum atomic E-state index is 11.8. The van der Waals surface area contributed by atoms with Crippen LogP contribution in [0.5, 0.6) is 11.5 Å². The molecular weight excluding hydrogens is 497 g/mol. The molecule has 1 aliphatic rings. The second kappa shape index (κ2) is 14.3. The van der Waals surface area contributed by atoms with Crippen molar-refractivity contribution in [3.05, 3.63) is 23.8 Å². The first-order chi connectivity index (χ1) is 14.1. The van der Waals surface area contributed by atoms with Gasteiger partial charge in [0.05, 0.1) is 14.2 Å². The van der Waals surface area contributed by atoms with Crippen LogP contribution in [-0.4, -0.2) is 69.8 Å². The Kier molecular flexibility index (Phi) is 12.5. The zero-order valence-corrected chi connectivity index (χ0v) is 20.8. The van der Waals surface area contributed by atoms with Crippen LogP contribution in [0.25, 0.3) is 0 Å². The van der Waals surface area contributed by atoms with Crippen molar-refractivity contribution in [1.29, 1.82) is 0 Å². The number of carbonyl (C=O) groups excluding carboxylic acids is 1. The predicted octanol–water partition coefficient (Wildman–Crippen LogP) is 1.98. The molecule has 0 radical (unpaired) electrons. The lowest BCUT2D eigenvalue weighted by Crippen LogP contribution is -2.45. The molecular formula is C21H36IN5O3. The highest BCUT2D eigenvalue weighted by atomic mass is 127. The lowest BCUT2D eigenvalue weighted by molar-refractivity contribution is -0.119. The van der Waals surface area contributed by atoms with Crippen LogP contribution < -0.4 is 25.4 Å². The molecule has 170 valence electrons. The summed E-state index contributed by atoms with van der Waals surface area (Å²) in [7, 11) is 3.33. The Morgan fingerprint density at radius 3 is 2.47 bits per heavy atom. The Balaban J connectivity index is 0.00000450. The summed E-state index contributed by atoms with van der Waals surface area (Å²) in [6.45, 7) is 8.36. The molecule has 1 atom stereocenters. The minimum Gasteiger partial charge on any atom is -0.497 e. The fourth-order valence-corrected chi connectivity index (χ4v) is 3.29. The highest BCUT2D eigenvalue weighted by Crippen LogP contribution is 2.24. The smallest absolute Gasteiger partial charge is 0.241 e. The Morgan fingerprint density at radius 1 is 1.17 bits per heavy atom. The lowest BCUT2D eigenvalue weighted by Gasteiger charge is -2.19. The van der Waals surface area contributed by atoms with E-state index in [-0.39, 0.29) is 36.4 Å². The van der Waals surface area contributed by atoms with Crippen molar-refractivity contribution in [3.8, 4) is 11.5 Å². The summed E-state index contributed by atoms with van der Waals surface area (Å²) >= 11 is 0. The SMILES string of the molecule is CCCNC(=O)CN=C(NCC)NC1CCN(Cc2cc(OC)cc(OC)c2)C1.I. The average Bonchev–Trinajstić information content (AvgIpc) is 3.16. The van der Waals surface area contributed by atoms with Gasteiger partial charge in [0.15, 0.2) is 5.96 Å². The number of nitrogens with zero attached hydrogens (tertiary/aromatic N) is 2. The van der Waals surface area contributed by atoms with Crippen molar-refractivity contribution < 1.29 is 14.3 Å². The van der Waals surface area contributed by atoms with E-state index in [1.165, 1.54) is 0 Å². The van der Waals surface area contributed by atoms with Gasteiger partial charge in [-0.05, 0) is 37.5 Å². The monoisotopic (exact) mass is 533 g/mol. The van der Waals surface area contributed by atoms with Gasteiger partial charge in [-0.2, -0.15) is 0 Å². The molecule has 1 saturated heterocycles. The topological polar surface area (TPSA) is 87.2 Å². The van der Waals surface area contributed by atoms with Crippen molar-refractivity contribution >= 4 is 35.8 Å². The maximum Gasteiger partial charge on any atom is 0.241 e. The first-order valence-corrected chi connectivity index (χ1v) is 10.3. The largest absolute Gasteiger partial charge is 0.497 e. The normalized spacial score (nSPS) is 16.5. The molecule has 1 aromatic rings.